The molecule has 0 aromatic carbocycles. The molecule has 0 aromatic rings. The molecule has 1 aliphatic heterocycles. The van der Waals surface area contributed by atoms with Gasteiger partial charge in [-0.15, -0.1) is 24.8 Å². The highest BCUT2D eigenvalue weighted by Gasteiger charge is 2.11. The largest absolute Gasteiger partial charge is 0.316 e. The van der Waals surface area contributed by atoms with E-state index in [4.69, 9.17) is 0 Å². The van der Waals surface area contributed by atoms with Crippen LogP contribution in [-0.4, -0.2) is 25.7 Å². The normalized spacial score (nSPS) is 21.9. The highest BCUT2D eigenvalue weighted by Crippen LogP contribution is 2.08. The van der Waals surface area contributed by atoms with E-state index in [0.29, 0.717) is 6.04 Å². The average molecular weight is 229 g/mol. The summed E-state index contributed by atoms with van der Waals surface area (Å²) in [6.07, 6.45) is 2.75. The van der Waals surface area contributed by atoms with Crippen LogP contribution < -0.4 is 10.6 Å². The van der Waals surface area contributed by atoms with Gasteiger partial charge < -0.3 is 10.6 Å². The molecular weight excluding hydrogens is 207 g/mol. The van der Waals surface area contributed by atoms with Crippen LogP contribution in [0.1, 0.15) is 26.7 Å². The Kier molecular flexibility index (Phi) is 11.1. The Morgan fingerprint density at radius 1 is 1.38 bits per heavy atom. The lowest BCUT2D eigenvalue weighted by Crippen LogP contribution is -2.38. The van der Waals surface area contributed by atoms with Crippen molar-refractivity contribution in [3.63, 3.8) is 0 Å². The zero-order chi connectivity index (χ0) is 8.10. The van der Waals surface area contributed by atoms with Crippen LogP contribution in [0.15, 0.2) is 0 Å². The van der Waals surface area contributed by atoms with Crippen LogP contribution in [0.5, 0.6) is 0 Å². The Balaban J connectivity index is 0. The highest BCUT2D eigenvalue weighted by molar-refractivity contribution is 5.85. The summed E-state index contributed by atoms with van der Waals surface area (Å²) in [7, 11) is 0. The molecule has 0 saturated carbocycles. The molecule has 0 bridgehead atoms. The Hall–Kier alpha value is 0.500. The minimum Gasteiger partial charge on any atom is -0.316 e. The number of hydrogen-bond acceptors (Lipinski definition) is 2. The van der Waals surface area contributed by atoms with E-state index in [9.17, 15) is 0 Å². The van der Waals surface area contributed by atoms with E-state index >= 15 is 0 Å². The molecule has 1 rings (SSSR count). The molecule has 0 spiro atoms. The fourth-order valence-corrected chi connectivity index (χ4v) is 1.50. The van der Waals surface area contributed by atoms with Crippen LogP contribution in [-0.2, 0) is 0 Å². The zero-order valence-corrected chi connectivity index (χ0v) is 10.1. The predicted octanol–water partition coefficient (Wildman–Crippen LogP) is 1.83. The quantitative estimate of drug-likeness (QED) is 0.771. The van der Waals surface area contributed by atoms with E-state index in [2.05, 4.69) is 24.5 Å². The van der Waals surface area contributed by atoms with Gasteiger partial charge in [0.15, 0.2) is 0 Å². The molecule has 4 heteroatoms. The molecule has 2 N–H and O–H groups in total. The van der Waals surface area contributed by atoms with Crippen LogP contribution in [0.25, 0.3) is 0 Å². The molecule has 0 aromatic heterocycles. The summed E-state index contributed by atoms with van der Waals surface area (Å²) in [5.74, 6) is 0.867. The SMILES string of the molecule is CC(C)NCC1CCCNC1.Cl.Cl. The van der Waals surface area contributed by atoms with Crippen molar-refractivity contribution in [2.45, 2.75) is 32.7 Å². The Morgan fingerprint density at radius 3 is 2.54 bits per heavy atom. The van der Waals surface area contributed by atoms with Gasteiger partial charge >= 0.3 is 0 Å². The zero-order valence-electron chi connectivity index (χ0n) is 8.51. The maximum absolute atomic E-state index is 3.48. The lowest BCUT2D eigenvalue weighted by atomic mass is 9.99. The van der Waals surface area contributed by atoms with Gasteiger partial charge in [-0.2, -0.15) is 0 Å². The first kappa shape index (κ1) is 15.9. The lowest BCUT2D eigenvalue weighted by Gasteiger charge is -2.23. The third-order valence-electron chi connectivity index (χ3n) is 2.21. The molecular formula is C9H22Cl2N2. The summed E-state index contributed by atoms with van der Waals surface area (Å²) in [6, 6.07) is 0.636. The predicted molar refractivity (Wildman–Crippen MR) is 63.2 cm³/mol. The third-order valence-corrected chi connectivity index (χ3v) is 2.21. The standard InChI is InChI=1S/C9H20N2.2ClH/c1-8(2)11-7-9-4-3-5-10-6-9;;/h8-11H,3-7H2,1-2H3;2*1H. The lowest BCUT2D eigenvalue weighted by molar-refractivity contribution is 0.351. The van der Waals surface area contributed by atoms with Crippen LogP contribution in [0, 0.1) is 5.92 Å². The number of nitrogens with one attached hydrogen (secondary N) is 2. The molecule has 13 heavy (non-hydrogen) atoms. The third kappa shape index (κ3) is 7.56. The molecule has 2 nitrogen and oxygen atoms in total. The molecule has 1 atom stereocenters. The molecule has 1 aliphatic rings. The second kappa shape index (κ2) is 9.07. The van der Waals surface area contributed by atoms with Gasteiger partial charge in [-0.3, -0.25) is 0 Å². The molecule has 0 radical (unpaired) electrons. The average Bonchev–Trinajstić information content (AvgIpc) is 2.03. The number of halogens is 2. The van der Waals surface area contributed by atoms with E-state index in [-0.39, 0.29) is 24.8 Å². The maximum atomic E-state index is 3.48. The summed E-state index contributed by atoms with van der Waals surface area (Å²) in [6.45, 7) is 8.02. The van der Waals surface area contributed by atoms with Crippen molar-refractivity contribution in [1.29, 1.82) is 0 Å². The van der Waals surface area contributed by atoms with E-state index in [1.807, 2.05) is 0 Å². The van der Waals surface area contributed by atoms with E-state index < -0.39 is 0 Å². The number of hydrogen-bond donors (Lipinski definition) is 2. The summed E-state index contributed by atoms with van der Waals surface area (Å²) < 4.78 is 0. The second-order valence-corrected chi connectivity index (χ2v) is 3.78. The first-order valence-corrected chi connectivity index (χ1v) is 4.73. The van der Waals surface area contributed by atoms with Gasteiger partial charge in [0.1, 0.15) is 0 Å². The van der Waals surface area contributed by atoms with Crippen molar-refractivity contribution in [2.75, 3.05) is 19.6 Å². The van der Waals surface area contributed by atoms with Gasteiger partial charge in [0, 0.05) is 6.04 Å². The minimum absolute atomic E-state index is 0. The first-order chi connectivity index (χ1) is 5.29. The fourth-order valence-electron chi connectivity index (χ4n) is 1.50. The van der Waals surface area contributed by atoms with E-state index in [1.165, 1.54) is 32.5 Å². The van der Waals surface area contributed by atoms with Gasteiger partial charge in [0.05, 0.1) is 0 Å². The molecule has 82 valence electrons. The highest BCUT2D eigenvalue weighted by atomic mass is 35.5. The summed E-state index contributed by atoms with van der Waals surface area (Å²) in [4.78, 5) is 0. The van der Waals surface area contributed by atoms with Crippen molar-refractivity contribution < 1.29 is 0 Å². The Labute approximate surface area is 94.1 Å². The van der Waals surface area contributed by atoms with Gasteiger partial charge in [-0.1, -0.05) is 13.8 Å². The van der Waals surface area contributed by atoms with E-state index in [1.54, 1.807) is 0 Å². The monoisotopic (exact) mass is 228 g/mol. The Morgan fingerprint density at radius 2 is 2.08 bits per heavy atom. The van der Waals surface area contributed by atoms with Crippen molar-refractivity contribution in [3.05, 3.63) is 0 Å². The van der Waals surface area contributed by atoms with Crippen LogP contribution in [0.4, 0.5) is 0 Å². The number of piperidine rings is 1. The van der Waals surface area contributed by atoms with Crippen molar-refractivity contribution in [3.8, 4) is 0 Å². The Bertz CT molecular complexity index is 104. The van der Waals surface area contributed by atoms with Gasteiger partial charge in [-0.25, -0.2) is 0 Å². The number of rotatable bonds is 3. The van der Waals surface area contributed by atoms with Gasteiger partial charge in [-0.05, 0) is 38.4 Å². The van der Waals surface area contributed by atoms with Gasteiger partial charge in [0.25, 0.3) is 0 Å². The van der Waals surface area contributed by atoms with Gasteiger partial charge in [0.2, 0.25) is 0 Å². The first-order valence-electron chi connectivity index (χ1n) is 4.73. The van der Waals surface area contributed by atoms with Crippen molar-refractivity contribution >= 4 is 24.8 Å². The topological polar surface area (TPSA) is 24.1 Å². The van der Waals surface area contributed by atoms with Crippen LogP contribution in [0.2, 0.25) is 0 Å². The summed E-state index contributed by atoms with van der Waals surface area (Å²) in [5.41, 5.74) is 0. The maximum Gasteiger partial charge on any atom is 0.00105 e. The molecule has 0 amide bonds. The molecule has 1 fully saturated rings. The van der Waals surface area contributed by atoms with E-state index in [0.717, 1.165) is 5.92 Å². The second-order valence-electron chi connectivity index (χ2n) is 3.78. The van der Waals surface area contributed by atoms with Crippen LogP contribution >= 0.6 is 24.8 Å². The van der Waals surface area contributed by atoms with Crippen molar-refractivity contribution in [1.82, 2.24) is 10.6 Å². The smallest absolute Gasteiger partial charge is 0.00105 e. The molecule has 1 saturated heterocycles. The molecule has 0 aliphatic carbocycles. The summed E-state index contributed by atoms with van der Waals surface area (Å²) in [5, 5.41) is 6.89. The fraction of sp³-hybridized carbons (Fsp3) is 1.00. The minimum atomic E-state index is 0. The molecule has 1 unspecified atom stereocenters. The van der Waals surface area contributed by atoms with Crippen molar-refractivity contribution in [2.24, 2.45) is 5.92 Å². The summed E-state index contributed by atoms with van der Waals surface area (Å²) >= 11 is 0. The van der Waals surface area contributed by atoms with Crippen LogP contribution in [0.3, 0.4) is 0 Å². The molecule has 1 heterocycles.